The summed E-state index contributed by atoms with van der Waals surface area (Å²) in [5.74, 6) is 3.02. The van der Waals surface area contributed by atoms with Crippen molar-refractivity contribution in [3.8, 4) is 11.4 Å². The Hall–Kier alpha value is -3.81. The van der Waals surface area contributed by atoms with Crippen LogP contribution in [0.15, 0.2) is 54.6 Å². The second-order valence-corrected chi connectivity index (χ2v) is 9.68. The Kier molecular flexibility index (Phi) is 5.64. The van der Waals surface area contributed by atoms with Gasteiger partial charge in [-0.2, -0.15) is 4.52 Å². The van der Waals surface area contributed by atoms with Crippen molar-refractivity contribution in [1.29, 1.82) is 0 Å². The number of para-hydroxylation sites is 1. The van der Waals surface area contributed by atoms with E-state index in [-0.39, 0.29) is 5.91 Å². The fourth-order valence-electron chi connectivity index (χ4n) is 5.16. The molecule has 1 amide bonds. The van der Waals surface area contributed by atoms with Crippen LogP contribution in [0.25, 0.3) is 33.7 Å². The topological polar surface area (TPSA) is 89.5 Å². The molecular weight excluding hydrogens is 438 g/mol. The standard InChI is InChI=1S/C27H29N7O/c1-18-14-16-20(17-15-18)28-24(35)13-7-12-23-30-31-27-33(23)22-11-6-5-10-21(22)26-29-25(32-34(26)27)19-8-3-2-4-9-19/h2-6,8-11,18,20H,7,12-17H2,1H3,(H,28,35). The summed E-state index contributed by atoms with van der Waals surface area (Å²) in [6.45, 7) is 2.29. The molecule has 0 unspecified atom stereocenters. The Bertz CT molecular complexity index is 1500. The molecular formula is C27H29N7O. The van der Waals surface area contributed by atoms with Gasteiger partial charge in [0.25, 0.3) is 5.78 Å². The molecule has 1 aliphatic rings. The van der Waals surface area contributed by atoms with E-state index >= 15 is 0 Å². The summed E-state index contributed by atoms with van der Waals surface area (Å²) >= 11 is 0. The number of hydrogen-bond donors (Lipinski definition) is 1. The number of fused-ring (bicyclic) bond motifs is 6. The molecule has 8 heteroatoms. The molecule has 5 aromatic rings. The molecule has 3 heterocycles. The summed E-state index contributed by atoms with van der Waals surface area (Å²) in [5.41, 5.74) is 2.70. The number of aromatic nitrogens is 6. The van der Waals surface area contributed by atoms with Crippen molar-refractivity contribution in [2.75, 3.05) is 0 Å². The fraction of sp³-hybridized carbons (Fsp3) is 0.370. The molecule has 3 aromatic heterocycles. The lowest BCUT2D eigenvalue weighted by atomic mass is 9.87. The predicted molar refractivity (Wildman–Crippen MR) is 135 cm³/mol. The Balaban J connectivity index is 1.27. The van der Waals surface area contributed by atoms with E-state index < -0.39 is 0 Å². The van der Waals surface area contributed by atoms with Gasteiger partial charge in [0.15, 0.2) is 11.5 Å². The van der Waals surface area contributed by atoms with E-state index in [9.17, 15) is 4.79 Å². The van der Waals surface area contributed by atoms with Gasteiger partial charge in [-0.05, 0) is 50.2 Å². The van der Waals surface area contributed by atoms with Crippen LogP contribution in [0.4, 0.5) is 0 Å². The van der Waals surface area contributed by atoms with Gasteiger partial charge in [-0.25, -0.2) is 4.98 Å². The molecule has 0 radical (unpaired) electrons. The van der Waals surface area contributed by atoms with Crippen molar-refractivity contribution in [3.63, 3.8) is 0 Å². The minimum Gasteiger partial charge on any atom is -0.353 e. The third kappa shape index (κ3) is 4.13. The number of benzene rings is 2. The van der Waals surface area contributed by atoms with Gasteiger partial charge >= 0.3 is 0 Å². The fourth-order valence-corrected chi connectivity index (χ4v) is 5.16. The van der Waals surface area contributed by atoms with Gasteiger partial charge in [0, 0.05) is 29.8 Å². The van der Waals surface area contributed by atoms with Crippen LogP contribution in [0.2, 0.25) is 0 Å². The van der Waals surface area contributed by atoms with Gasteiger partial charge in [0.05, 0.1) is 5.52 Å². The molecule has 1 N–H and O–H groups in total. The van der Waals surface area contributed by atoms with Crippen molar-refractivity contribution >= 4 is 28.2 Å². The average molecular weight is 468 g/mol. The molecule has 8 nitrogen and oxygen atoms in total. The van der Waals surface area contributed by atoms with Crippen LogP contribution in [-0.4, -0.2) is 41.1 Å². The number of nitrogens with one attached hydrogen (secondary N) is 1. The lowest BCUT2D eigenvalue weighted by molar-refractivity contribution is -0.122. The molecule has 0 saturated heterocycles. The Morgan fingerprint density at radius 3 is 2.60 bits per heavy atom. The third-order valence-electron chi connectivity index (χ3n) is 7.11. The monoisotopic (exact) mass is 467 g/mol. The SMILES string of the molecule is CC1CCC(NC(=O)CCCc2nnc3n4nc(-c5ccccc5)nc4c4ccccc4n23)CC1. The van der Waals surface area contributed by atoms with E-state index in [0.717, 1.165) is 46.7 Å². The van der Waals surface area contributed by atoms with Gasteiger partial charge in [-0.1, -0.05) is 49.4 Å². The second-order valence-electron chi connectivity index (χ2n) is 9.68. The molecule has 2 aromatic carbocycles. The van der Waals surface area contributed by atoms with Crippen LogP contribution < -0.4 is 5.32 Å². The van der Waals surface area contributed by atoms with Crippen LogP contribution in [0, 0.1) is 5.92 Å². The number of amides is 1. The highest BCUT2D eigenvalue weighted by molar-refractivity contribution is 5.94. The molecule has 1 saturated carbocycles. The predicted octanol–water partition coefficient (Wildman–Crippen LogP) is 4.61. The quantitative estimate of drug-likeness (QED) is 0.394. The number of aryl methyl sites for hydroxylation is 1. The lowest BCUT2D eigenvalue weighted by Crippen LogP contribution is -2.37. The third-order valence-corrected chi connectivity index (χ3v) is 7.11. The van der Waals surface area contributed by atoms with E-state index in [2.05, 4.69) is 34.6 Å². The molecule has 178 valence electrons. The van der Waals surface area contributed by atoms with E-state index in [1.165, 1.54) is 12.8 Å². The smallest absolute Gasteiger partial charge is 0.258 e. The minimum atomic E-state index is 0.134. The number of carbonyl (C=O) groups excluding carboxylic acids is 1. The maximum atomic E-state index is 12.5. The number of rotatable bonds is 6. The van der Waals surface area contributed by atoms with Gasteiger partial charge in [0.2, 0.25) is 5.91 Å². The normalized spacial score (nSPS) is 18.4. The summed E-state index contributed by atoms with van der Waals surface area (Å²) in [4.78, 5) is 17.4. The van der Waals surface area contributed by atoms with Crippen LogP contribution in [0.3, 0.4) is 0 Å². The summed E-state index contributed by atoms with van der Waals surface area (Å²) in [6.07, 6.45) is 6.45. The van der Waals surface area contributed by atoms with E-state index in [4.69, 9.17) is 10.1 Å². The highest BCUT2D eigenvalue weighted by Crippen LogP contribution is 2.26. The molecule has 0 spiro atoms. The second kappa shape index (κ2) is 9.09. The van der Waals surface area contributed by atoms with Crippen molar-refractivity contribution < 1.29 is 4.79 Å². The summed E-state index contributed by atoms with van der Waals surface area (Å²) < 4.78 is 3.82. The maximum absolute atomic E-state index is 12.5. The zero-order valence-corrected chi connectivity index (χ0v) is 19.9. The molecule has 0 bridgehead atoms. The summed E-state index contributed by atoms with van der Waals surface area (Å²) in [5, 5.41) is 17.9. The van der Waals surface area contributed by atoms with Crippen LogP contribution in [0.5, 0.6) is 0 Å². The number of carbonyl (C=O) groups is 1. The van der Waals surface area contributed by atoms with E-state index in [0.29, 0.717) is 36.9 Å². The van der Waals surface area contributed by atoms with Crippen molar-refractivity contribution in [2.24, 2.45) is 5.92 Å². The zero-order valence-electron chi connectivity index (χ0n) is 19.9. The molecule has 35 heavy (non-hydrogen) atoms. The van der Waals surface area contributed by atoms with Gasteiger partial charge in [0.1, 0.15) is 5.82 Å². The molecule has 1 aliphatic carbocycles. The average Bonchev–Trinajstić information content (AvgIpc) is 3.51. The first-order valence-corrected chi connectivity index (χ1v) is 12.5. The minimum absolute atomic E-state index is 0.134. The number of nitrogens with zero attached hydrogens (tertiary/aromatic N) is 6. The zero-order chi connectivity index (χ0) is 23.8. The van der Waals surface area contributed by atoms with E-state index in [1.807, 2.05) is 46.9 Å². The van der Waals surface area contributed by atoms with Crippen LogP contribution in [-0.2, 0) is 11.2 Å². The first-order chi connectivity index (χ1) is 17.2. The Morgan fingerprint density at radius 1 is 1.00 bits per heavy atom. The summed E-state index contributed by atoms with van der Waals surface area (Å²) in [6, 6.07) is 18.4. The number of hydrogen-bond acceptors (Lipinski definition) is 5. The molecule has 0 aliphatic heterocycles. The Morgan fingerprint density at radius 2 is 1.77 bits per heavy atom. The van der Waals surface area contributed by atoms with Crippen molar-refractivity contribution in [1.82, 2.24) is 34.5 Å². The van der Waals surface area contributed by atoms with Gasteiger partial charge in [-0.15, -0.1) is 15.3 Å². The molecule has 6 rings (SSSR count). The van der Waals surface area contributed by atoms with Gasteiger partial charge in [-0.3, -0.25) is 9.20 Å². The lowest BCUT2D eigenvalue weighted by Gasteiger charge is -2.26. The molecule has 1 fully saturated rings. The first kappa shape index (κ1) is 21.7. The first-order valence-electron chi connectivity index (χ1n) is 12.5. The summed E-state index contributed by atoms with van der Waals surface area (Å²) in [7, 11) is 0. The molecule has 0 atom stereocenters. The highest BCUT2D eigenvalue weighted by Gasteiger charge is 2.21. The van der Waals surface area contributed by atoms with E-state index in [1.54, 1.807) is 4.52 Å². The maximum Gasteiger partial charge on any atom is 0.258 e. The Labute approximate surface area is 203 Å². The highest BCUT2D eigenvalue weighted by atomic mass is 16.1. The van der Waals surface area contributed by atoms with Crippen LogP contribution >= 0.6 is 0 Å². The van der Waals surface area contributed by atoms with Crippen molar-refractivity contribution in [3.05, 3.63) is 60.4 Å². The largest absolute Gasteiger partial charge is 0.353 e. The van der Waals surface area contributed by atoms with Gasteiger partial charge < -0.3 is 5.32 Å². The van der Waals surface area contributed by atoms with Crippen LogP contribution in [0.1, 0.15) is 51.3 Å². The van der Waals surface area contributed by atoms with Crippen molar-refractivity contribution in [2.45, 2.75) is 57.9 Å².